The van der Waals surface area contributed by atoms with Gasteiger partial charge < -0.3 is 19.1 Å². The molecule has 5 rings (SSSR count). The summed E-state index contributed by atoms with van der Waals surface area (Å²) in [4.78, 5) is 15.3. The number of nitrogens with zero attached hydrogens (tertiary/aromatic N) is 3. The van der Waals surface area contributed by atoms with E-state index in [1.807, 2.05) is 78.9 Å². The quantitative estimate of drug-likeness (QED) is 0.398. The molecule has 7 nitrogen and oxygen atoms in total. The average molecular weight is 470 g/mol. The first-order valence-electron chi connectivity index (χ1n) is 11.5. The maximum Gasteiger partial charge on any atom is 0.257 e. The van der Waals surface area contributed by atoms with Gasteiger partial charge in [0.25, 0.3) is 5.91 Å². The summed E-state index contributed by atoms with van der Waals surface area (Å²) in [5.41, 5.74) is 2.96. The molecule has 7 heteroatoms. The molecule has 0 fully saturated rings. The molecule has 0 saturated carbocycles. The van der Waals surface area contributed by atoms with Crippen LogP contribution in [0.1, 0.15) is 15.9 Å². The predicted molar refractivity (Wildman–Crippen MR) is 133 cm³/mol. The molecule has 0 radical (unpaired) electrons. The van der Waals surface area contributed by atoms with Crippen LogP contribution in [0.3, 0.4) is 0 Å². The van der Waals surface area contributed by atoms with Gasteiger partial charge in [-0.05, 0) is 29.8 Å². The second-order valence-electron chi connectivity index (χ2n) is 8.46. The summed E-state index contributed by atoms with van der Waals surface area (Å²) < 4.78 is 19.3. The third-order valence-corrected chi connectivity index (χ3v) is 5.93. The lowest BCUT2D eigenvalue weighted by molar-refractivity contribution is 0.0521. The van der Waals surface area contributed by atoms with E-state index >= 15 is 0 Å². The van der Waals surface area contributed by atoms with Crippen LogP contribution in [0.2, 0.25) is 0 Å². The molecule has 2 heterocycles. The number of para-hydroxylation sites is 3. The Hall–Kier alpha value is -4.26. The third kappa shape index (κ3) is 4.84. The van der Waals surface area contributed by atoms with Crippen LogP contribution >= 0.6 is 0 Å². The van der Waals surface area contributed by atoms with Gasteiger partial charge in [0.05, 0.1) is 25.8 Å². The summed E-state index contributed by atoms with van der Waals surface area (Å²) in [6, 6.07) is 25.2. The third-order valence-electron chi connectivity index (χ3n) is 5.93. The predicted octanol–water partition coefficient (Wildman–Crippen LogP) is 4.52. The molecule has 0 spiro atoms. The molecule has 1 aromatic heterocycles. The van der Waals surface area contributed by atoms with Crippen LogP contribution in [-0.2, 0) is 6.54 Å². The molecule has 4 aromatic rings. The number of benzene rings is 3. The van der Waals surface area contributed by atoms with E-state index in [0.717, 1.165) is 16.9 Å². The maximum atomic E-state index is 13.7. The highest BCUT2D eigenvalue weighted by Gasteiger charge is 2.27. The summed E-state index contributed by atoms with van der Waals surface area (Å²) in [5.74, 6) is 1.93. The van der Waals surface area contributed by atoms with E-state index in [2.05, 4.69) is 0 Å². The molecular weight excluding hydrogens is 442 g/mol. The second-order valence-corrected chi connectivity index (χ2v) is 8.46. The zero-order valence-electron chi connectivity index (χ0n) is 19.8. The van der Waals surface area contributed by atoms with Crippen molar-refractivity contribution in [1.29, 1.82) is 0 Å². The van der Waals surface area contributed by atoms with Gasteiger partial charge in [-0.3, -0.25) is 9.48 Å². The van der Waals surface area contributed by atoms with Crippen LogP contribution in [0.5, 0.6) is 17.2 Å². The lowest BCUT2D eigenvalue weighted by Crippen LogP contribution is -2.41. The molecule has 1 aliphatic heterocycles. The Morgan fingerprint density at radius 2 is 1.74 bits per heavy atom. The highest BCUT2D eigenvalue weighted by atomic mass is 16.6. The van der Waals surface area contributed by atoms with Crippen molar-refractivity contribution in [1.82, 2.24) is 14.7 Å². The molecule has 178 valence electrons. The molecule has 3 aromatic carbocycles. The lowest BCUT2D eigenvalue weighted by atomic mass is 10.1. The number of carbonyl (C=O) groups is 1. The highest BCUT2D eigenvalue weighted by Crippen LogP contribution is 2.33. The van der Waals surface area contributed by atoms with Crippen molar-refractivity contribution in [2.75, 3.05) is 27.3 Å². The number of carbonyl (C=O) groups excluding carboxylic acids is 1. The summed E-state index contributed by atoms with van der Waals surface area (Å²) in [7, 11) is 3.39. The van der Waals surface area contributed by atoms with Crippen molar-refractivity contribution in [3.05, 3.63) is 96.2 Å². The molecule has 0 N–H and O–H groups in total. The van der Waals surface area contributed by atoms with Crippen LogP contribution in [0, 0.1) is 0 Å². The van der Waals surface area contributed by atoms with Gasteiger partial charge in [0.1, 0.15) is 18.1 Å². The number of hydrogen-bond donors (Lipinski definition) is 0. The Morgan fingerprint density at radius 1 is 1.03 bits per heavy atom. The van der Waals surface area contributed by atoms with E-state index in [0.29, 0.717) is 42.5 Å². The molecule has 0 bridgehead atoms. The highest BCUT2D eigenvalue weighted by molar-refractivity contribution is 6.00. The minimum atomic E-state index is -0.270. The van der Waals surface area contributed by atoms with Crippen LogP contribution in [0.15, 0.2) is 85.1 Å². The number of aromatic nitrogens is 2. The van der Waals surface area contributed by atoms with Crippen LogP contribution in [-0.4, -0.2) is 54.0 Å². The van der Waals surface area contributed by atoms with Gasteiger partial charge in [-0.15, -0.1) is 0 Å². The number of amides is 1. The van der Waals surface area contributed by atoms with E-state index < -0.39 is 0 Å². The molecule has 0 aliphatic carbocycles. The SMILES string of the molecule is COc1ccccc1-c1nn(Cc2ccccc2)cc1C(=O)N(C)CC1COc2ccccc2O1. The van der Waals surface area contributed by atoms with E-state index in [1.54, 1.807) is 29.9 Å². The Balaban J connectivity index is 1.42. The van der Waals surface area contributed by atoms with Crippen molar-refractivity contribution in [3.63, 3.8) is 0 Å². The molecular formula is C28H27N3O4. The Bertz CT molecular complexity index is 1320. The maximum absolute atomic E-state index is 13.7. The molecule has 1 atom stereocenters. The first-order chi connectivity index (χ1) is 17.1. The first-order valence-corrected chi connectivity index (χ1v) is 11.5. The van der Waals surface area contributed by atoms with Gasteiger partial charge >= 0.3 is 0 Å². The summed E-state index contributed by atoms with van der Waals surface area (Å²) in [6.07, 6.45) is 1.54. The van der Waals surface area contributed by atoms with Gasteiger partial charge in [0.2, 0.25) is 0 Å². The molecule has 35 heavy (non-hydrogen) atoms. The van der Waals surface area contributed by atoms with Crippen LogP contribution in [0.4, 0.5) is 0 Å². The van der Waals surface area contributed by atoms with Gasteiger partial charge in [-0.1, -0.05) is 54.6 Å². The summed E-state index contributed by atoms with van der Waals surface area (Å²) >= 11 is 0. The Labute approximate surface area is 204 Å². The van der Waals surface area contributed by atoms with E-state index in [9.17, 15) is 4.79 Å². The second kappa shape index (κ2) is 9.93. The Morgan fingerprint density at radius 3 is 2.54 bits per heavy atom. The van der Waals surface area contributed by atoms with E-state index in [-0.39, 0.29) is 12.0 Å². The van der Waals surface area contributed by atoms with Gasteiger partial charge in [0, 0.05) is 18.8 Å². The number of methoxy groups -OCH3 is 1. The van der Waals surface area contributed by atoms with E-state index in [4.69, 9.17) is 19.3 Å². The smallest absolute Gasteiger partial charge is 0.257 e. The average Bonchev–Trinajstić information content (AvgIpc) is 3.32. The zero-order valence-corrected chi connectivity index (χ0v) is 19.8. The monoisotopic (exact) mass is 469 g/mol. The van der Waals surface area contributed by atoms with Crippen molar-refractivity contribution < 1.29 is 19.0 Å². The van der Waals surface area contributed by atoms with Gasteiger partial charge in [-0.2, -0.15) is 5.10 Å². The largest absolute Gasteiger partial charge is 0.496 e. The van der Waals surface area contributed by atoms with Gasteiger partial charge in [0.15, 0.2) is 17.6 Å². The fourth-order valence-corrected chi connectivity index (χ4v) is 4.22. The topological polar surface area (TPSA) is 65.8 Å². The van der Waals surface area contributed by atoms with E-state index in [1.165, 1.54) is 0 Å². The van der Waals surface area contributed by atoms with Crippen molar-refractivity contribution in [2.45, 2.75) is 12.6 Å². The lowest BCUT2D eigenvalue weighted by Gasteiger charge is -2.29. The van der Waals surface area contributed by atoms with Crippen LogP contribution < -0.4 is 14.2 Å². The molecule has 0 saturated heterocycles. The number of ether oxygens (including phenoxy) is 3. The zero-order chi connectivity index (χ0) is 24.2. The van der Waals surface area contributed by atoms with Crippen molar-refractivity contribution in [2.24, 2.45) is 0 Å². The first kappa shape index (κ1) is 22.5. The normalized spacial score (nSPS) is 14.4. The molecule has 1 unspecified atom stereocenters. The number of hydrogen-bond acceptors (Lipinski definition) is 5. The Kier molecular flexibility index (Phi) is 6.39. The van der Waals surface area contributed by atoms with Crippen LogP contribution in [0.25, 0.3) is 11.3 Å². The molecule has 1 aliphatic rings. The number of rotatable bonds is 7. The fourth-order valence-electron chi connectivity index (χ4n) is 4.22. The summed E-state index contributed by atoms with van der Waals surface area (Å²) in [5, 5.41) is 4.80. The summed E-state index contributed by atoms with van der Waals surface area (Å²) in [6.45, 7) is 1.31. The number of fused-ring (bicyclic) bond motifs is 1. The fraction of sp³-hybridized carbons (Fsp3) is 0.214. The minimum absolute atomic E-state index is 0.146. The molecule has 1 amide bonds. The number of likely N-dealkylation sites (N-methyl/N-ethyl adjacent to an activating group) is 1. The van der Waals surface area contributed by atoms with Crippen molar-refractivity contribution >= 4 is 5.91 Å². The van der Waals surface area contributed by atoms with Crippen molar-refractivity contribution in [3.8, 4) is 28.5 Å². The minimum Gasteiger partial charge on any atom is -0.496 e. The van der Waals surface area contributed by atoms with Gasteiger partial charge in [-0.25, -0.2) is 0 Å². The standard InChI is InChI=1S/C28H27N3O4/c1-30(17-21-19-34-25-14-8-9-15-26(25)35-21)28(32)23-18-31(16-20-10-4-3-5-11-20)29-27(23)22-12-6-7-13-24(22)33-2/h3-15,18,21H,16-17,19H2,1-2H3.